The average molecular weight is 373 g/mol. The number of amides is 1. The van der Waals surface area contributed by atoms with Gasteiger partial charge in [-0.2, -0.15) is 11.8 Å². The summed E-state index contributed by atoms with van der Waals surface area (Å²) >= 11 is 1.71. The number of ether oxygens (including phenoxy) is 1. The molecule has 1 aromatic carbocycles. The highest BCUT2D eigenvalue weighted by atomic mass is 35.5. The van der Waals surface area contributed by atoms with E-state index < -0.39 is 6.04 Å². The van der Waals surface area contributed by atoms with E-state index in [9.17, 15) is 4.79 Å². The number of fused-ring (bicyclic) bond motifs is 1. The molecule has 0 spiro atoms. The first kappa shape index (κ1) is 21.3. The maximum atomic E-state index is 11.8. The zero-order valence-corrected chi connectivity index (χ0v) is 16.0. The molecule has 4 nitrogen and oxygen atoms in total. The predicted octanol–water partition coefficient (Wildman–Crippen LogP) is 3.09. The Morgan fingerprint density at radius 1 is 1.46 bits per heavy atom. The molecule has 3 N–H and O–H groups in total. The van der Waals surface area contributed by atoms with Crippen LogP contribution in [0.1, 0.15) is 42.9 Å². The molecule has 0 fully saturated rings. The first-order valence-electron chi connectivity index (χ1n) is 8.44. The number of carbonyl (C=O) groups excluding carboxylic acids is 1. The van der Waals surface area contributed by atoms with Gasteiger partial charge in [0.2, 0.25) is 5.91 Å². The lowest BCUT2D eigenvalue weighted by molar-refractivity contribution is -0.122. The summed E-state index contributed by atoms with van der Waals surface area (Å²) in [6, 6.07) is 8.15. The van der Waals surface area contributed by atoms with Crippen molar-refractivity contribution in [2.45, 2.75) is 44.2 Å². The number of nitrogens with two attached hydrogens (primary N) is 1. The Morgan fingerprint density at radius 3 is 3.04 bits per heavy atom. The summed E-state index contributed by atoms with van der Waals surface area (Å²) in [4.78, 5) is 11.8. The van der Waals surface area contributed by atoms with Crippen molar-refractivity contribution >= 4 is 30.1 Å². The molecule has 0 heterocycles. The van der Waals surface area contributed by atoms with Crippen molar-refractivity contribution in [3.63, 3.8) is 0 Å². The number of carbonyl (C=O) groups is 1. The summed E-state index contributed by atoms with van der Waals surface area (Å²) in [5, 5.41) is 2.90. The Morgan fingerprint density at radius 2 is 2.25 bits per heavy atom. The molecular formula is C18H29ClN2O2S. The second kappa shape index (κ2) is 11.7. The molecule has 1 aliphatic rings. The van der Waals surface area contributed by atoms with Gasteiger partial charge in [-0.25, -0.2) is 0 Å². The quantitative estimate of drug-likeness (QED) is 0.654. The molecule has 0 bridgehead atoms. The molecule has 0 saturated carbocycles. The third-order valence-electron chi connectivity index (χ3n) is 4.22. The van der Waals surface area contributed by atoms with Crippen LogP contribution in [-0.4, -0.2) is 37.1 Å². The Balaban J connectivity index is 0.00000288. The van der Waals surface area contributed by atoms with Crippen LogP contribution in [0.4, 0.5) is 0 Å². The van der Waals surface area contributed by atoms with E-state index in [0.29, 0.717) is 13.2 Å². The van der Waals surface area contributed by atoms with Crippen molar-refractivity contribution in [2.75, 3.05) is 25.2 Å². The average Bonchev–Trinajstić information content (AvgIpc) is 2.59. The lowest BCUT2D eigenvalue weighted by Crippen LogP contribution is -2.41. The fraction of sp³-hybridized carbons (Fsp3) is 0.611. The highest BCUT2D eigenvalue weighted by molar-refractivity contribution is 7.98. The minimum Gasteiger partial charge on any atom is -0.373 e. The summed E-state index contributed by atoms with van der Waals surface area (Å²) in [7, 11) is 0. The molecule has 0 radical (unpaired) electrons. The number of benzene rings is 1. The summed E-state index contributed by atoms with van der Waals surface area (Å²) in [5.74, 6) is 0.862. The molecule has 1 aliphatic carbocycles. The van der Waals surface area contributed by atoms with Crippen LogP contribution in [0.3, 0.4) is 0 Å². The first-order chi connectivity index (χ1) is 11.2. The molecule has 1 amide bonds. The van der Waals surface area contributed by atoms with E-state index in [-0.39, 0.29) is 24.4 Å². The molecule has 0 aliphatic heterocycles. The number of halogens is 1. The van der Waals surface area contributed by atoms with Crippen LogP contribution < -0.4 is 11.1 Å². The second-order valence-corrected chi connectivity index (χ2v) is 6.97. The highest BCUT2D eigenvalue weighted by Crippen LogP contribution is 2.32. The Kier molecular flexibility index (Phi) is 10.4. The van der Waals surface area contributed by atoms with Crippen LogP contribution in [0.25, 0.3) is 0 Å². The van der Waals surface area contributed by atoms with Crippen LogP contribution in [0, 0.1) is 0 Å². The lowest BCUT2D eigenvalue weighted by Gasteiger charge is -2.25. The fourth-order valence-corrected chi connectivity index (χ4v) is 3.39. The zero-order valence-electron chi connectivity index (χ0n) is 14.3. The van der Waals surface area contributed by atoms with Crippen LogP contribution in [0.15, 0.2) is 24.3 Å². The van der Waals surface area contributed by atoms with Gasteiger partial charge in [0.1, 0.15) is 0 Å². The van der Waals surface area contributed by atoms with Gasteiger partial charge in [0.05, 0.1) is 12.1 Å². The Labute approximate surface area is 155 Å². The maximum absolute atomic E-state index is 11.8. The van der Waals surface area contributed by atoms with Crippen molar-refractivity contribution in [2.24, 2.45) is 5.73 Å². The molecule has 0 aromatic heterocycles. The van der Waals surface area contributed by atoms with Gasteiger partial charge in [-0.15, -0.1) is 12.4 Å². The number of thioether (sulfide) groups is 1. The third-order valence-corrected chi connectivity index (χ3v) is 4.87. The molecular weight excluding hydrogens is 344 g/mol. The van der Waals surface area contributed by atoms with E-state index in [1.54, 1.807) is 11.8 Å². The molecule has 136 valence electrons. The van der Waals surface area contributed by atoms with Crippen LogP contribution in [0.5, 0.6) is 0 Å². The van der Waals surface area contributed by atoms with Crippen LogP contribution >= 0.6 is 24.2 Å². The fourth-order valence-electron chi connectivity index (χ4n) is 2.90. The van der Waals surface area contributed by atoms with Gasteiger partial charge < -0.3 is 15.8 Å². The minimum atomic E-state index is -0.395. The molecule has 2 rings (SSSR count). The van der Waals surface area contributed by atoms with E-state index in [1.807, 2.05) is 6.26 Å². The Bertz CT molecular complexity index is 502. The number of hydrogen-bond acceptors (Lipinski definition) is 4. The van der Waals surface area contributed by atoms with E-state index in [0.717, 1.165) is 31.4 Å². The third kappa shape index (κ3) is 6.63. The van der Waals surface area contributed by atoms with Gasteiger partial charge in [-0.1, -0.05) is 24.3 Å². The van der Waals surface area contributed by atoms with E-state index in [1.165, 1.54) is 17.5 Å². The van der Waals surface area contributed by atoms with E-state index >= 15 is 0 Å². The SMILES string of the molecule is CSCC[C@H](N)C(=O)NCCCOC1CCCc2ccccc21.Cl. The monoisotopic (exact) mass is 372 g/mol. The summed E-state index contributed by atoms with van der Waals surface area (Å²) in [6.45, 7) is 1.29. The largest absolute Gasteiger partial charge is 0.373 e. The normalized spacial score (nSPS) is 17.5. The van der Waals surface area contributed by atoms with Crippen molar-refractivity contribution in [1.82, 2.24) is 5.32 Å². The molecule has 2 atom stereocenters. The molecule has 0 saturated heterocycles. The van der Waals surface area contributed by atoms with Crippen molar-refractivity contribution < 1.29 is 9.53 Å². The van der Waals surface area contributed by atoms with Gasteiger partial charge in [0, 0.05) is 13.2 Å². The maximum Gasteiger partial charge on any atom is 0.236 e. The Hall–Kier alpha value is -0.750. The molecule has 24 heavy (non-hydrogen) atoms. The van der Waals surface area contributed by atoms with E-state index in [4.69, 9.17) is 10.5 Å². The minimum absolute atomic E-state index is 0. The van der Waals surface area contributed by atoms with E-state index in [2.05, 4.69) is 29.6 Å². The van der Waals surface area contributed by atoms with Gasteiger partial charge in [-0.05, 0) is 55.2 Å². The number of nitrogens with one attached hydrogen (secondary N) is 1. The van der Waals surface area contributed by atoms with Crippen molar-refractivity contribution in [1.29, 1.82) is 0 Å². The topological polar surface area (TPSA) is 64.4 Å². The summed E-state index contributed by atoms with van der Waals surface area (Å²) in [6.07, 6.45) is 7.19. The number of rotatable bonds is 9. The second-order valence-electron chi connectivity index (χ2n) is 5.98. The van der Waals surface area contributed by atoms with Gasteiger partial charge in [0.25, 0.3) is 0 Å². The van der Waals surface area contributed by atoms with Gasteiger partial charge in [0.15, 0.2) is 0 Å². The number of hydrogen-bond donors (Lipinski definition) is 2. The lowest BCUT2D eigenvalue weighted by atomic mass is 9.89. The predicted molar refractivity (Wildman–Crippen MR) is 104 cm³/mol. The van der Waals surface area contributed by atoms with Gasteiger partial charge >= 0.3 is 0 Å². The smallest absolute Gasteiger partial charge is 0.236 e. The first-order valence-corrected chi connectivity index (χ1v) is 9.83. The van der Waals surface area contributed by atoms with Crippen molar-refractivity contribution in [3.05, 3.63) is 35.4 Å². The number of aryl methyl sites for hydroxylation is 1. The van der Waals surface area contributed by atoms with Crippen LogP contribution in [-0.2, 0) is 16.0 Å². The molecule has 1 unspecified atom stereocenters. The zero-order chi connectivity index (χ0) is 16.5. The van der Waals surface area contributed by atoms with Crippen molar-refractivity contribution in [3.8, 4) is 0 Å². The standard InChI is InChI=1S/C18H28N2O2S.ClH/c1-23-13-10-16(19)18(21)20-11-5-12-22-17-9-4-7-14-6-2-3-8-15(14)17;/h2-3,6,8,16-17H,4-5,7,9-13,19H2,1H3,(H,20,21);1H/t16-,17?;/m0./s1. The van der Waals surface area contributed by atoms with Gasteiger partial charge in [-0.3, -0.25) is 4.79 Å². The molecule has 6 heteroatoms. The summed E-state index contributed by atoms with van der Waals surface area (Å²) in [5.41, 5.74) is 8.58. The van der Waals surface area contributed by atoms with Crippen LogP contribution in [0.2, 0.25) is 0 Å². The molecule has 1 aromatic rings. The highest BCUT2D eigenvalue weighted by Gasteiger charge is 2.20. The summed E-state index contributed by atoms with van der Waals surface area (Å²) < 4.78 is 6.03.